The number of halogens is 1. The third kappa shape index (κ3) is 2.46. The summed E-state index contributed by atoms with van der Waals surface area (Å²) in [6, 6.07) is 7.79. The highest BCUT2D eigenvalue weighted by Crippen LogP contribution is 2.29. The number of carboxylic acids is 1. The van der Waals surface area contributed by atoms with Crippen LogP contribution in [0.5, 0.6) is 0 Å². The molecule has 2 rings (SSSR count). The number of aliphatic carboxylic acids is 1. The van der Waals surface area contributed by atoms with Crippen LogP contribution < -0.4 is 0 Å². The highest BCUT2D eigenvalue weighted by molar-refractivity contribution is 9.10. The fraction of sp³-hybridized carbons (Fsp3) is 0.231. The molecule has 0 saturated carbocycles. The van der Waals surface area contributed by atoms with Crippen molar-refractivity contribution in [2.24, 2.45) is 7.05 Å². The SMILES string of the molecule is Cc1c(-c2cccc(Br)c2)c(CC(=O)O)nn1C. The Morgan fingerprint density at radius 1 is 1.50 bits per heavy atom. The number of hydrogen-bond donors (Lipinski definition) is 1. The number of nitrogens with zero attached hydrogens (tertiary/aromatic N) is 2. The molecule has 94 valence electrons. The molecule has 0 amide bonds. The lowest BCUT2D eigenvalue weighted by Gasteiger charge is -2.04. The van der Waals surface area contributed by atoms with E-state index in [0.29, 0.717) is 5.69 Å². The molecule has 1 aromatic carbocycles. The number of carbonyl (C=O) groups is 1. The first-order chi connectivity index (χ1) is 8.49. The lowest BCUT2D eigenvalue weighted by molar-refractivity contribution is -0.136. The summed E-state index contributed by atoms with van der Waals surface area (Å²) in [5.74, 6) is -0.871. The van der Waals surface area contributed by atoms with Crippen LogP contribution in [-0.4, -0.2) is 20.9 Å². The van der Waals surface area contributed by atoms with Crippen LogP contribution in [0.3, 0.4) is 0 Å². The van der Waals surface area contributed by atoms with Gasteiger partial charge in [0.2, 0.25) is 0 Å². The van der Waals surface area contributed by atoms with Crippen LogP contribution in [-0.2, 0) is 18.3 Å². The largest absolute Gasteiger partial charge is 0.481 e. The van der Waals surface area contributed by atoms with Gasteiger partial charge < -0.3 is 5.11 Å². The Balaban J connectivity index is 2.58. The van der Waals surface area contributed by atoms with Gasteiger partial charge in [0.25, 0.3) is 0 Å². The molecule has 2 aromatic rings. The van der Waals surface area contributed by atoms with Gasteiger partial charge >= 0.3 is 5.97 Å². The zero-order valence-corrected chi connectivity index (χ0v) is 11.7. The zero-order chi connectivity index (χ0) is 13.3. The van der Waals surface area contributed by atoms with E-state index in [-0.39, 0.29) is 6.42 Å². The fourth-order valence-electron chi connectivity index (χ4n) is 1.96. The molecule has 0 aliphatic heterocycles. The van der Waals surface area contributed by atoms with Crippen molar-refractivity contribution in [3.63, 3.8) is 0 Å². The summed E-state index contributed by atoms with van der Waals surface area (Å²) in [5, 5.41) is 13.2. The molecule has 4 nitrogen and oxygen atoms in total. The summed E-state index contributed by atoms with van der Waals surface area (Å²) in [4.78, 5) is 10.9. The fourth-order valence-corrected chi connectivity index (χ4v) is 2.36. The van der Waals surface area contributed by atoms with E-state index in [2.05, 4.69) is 21.0 Å². The molecule has 0 spiro atoms. The molecule has 18 heavy (non-hydrogen) atoms. The van der Waals surface area contributed by atoms with Gasteiger partial charge in [-0.15, -0.1) is 0 Å². The Kier molecular flexibility index (Phi) is 3.52. The molecule has 1 heterocycles. The Morgan fingerprint density at radius 2 is 2.22 bits per heavy atom. The Labute approximate surface area is 113 Å². The van der Waals surface area contributed by atoms with Crippen LogP contribution in [0.2, 0.25) is 0 Å². The molecule has 0 aliphatic rings. The van der Waals surface area contributed by atoms with Gasteiger partial charge in [0.15, 0.2) is 0 Å². The van der Waals surface area contributed by atoms with Crippen LogP contribution >= 0.6 is 15.9 Å². The van der Waals surface area contributed by atoms with Gasteiger partial charge in [-0.3, -0.25) is 9.48 Å². The molecule has 0 bridgehead atoms. The van der Waals surface area contributed by atoms with Crippen molar-refractivity contribution >= 4 is 21.9 Å². The van der Waals surface area contributed by atoms with Crippen molar-refractivity contribution in [3.05, 3.63) is 40.1 Å². The van der Waals surface area contributed by atoms with Crippen LogP contribution in [0.25, 0.3) is 11.1 Å². The normalized spacial score (nSPS) is 10.6. The highest BCUT2D eigenvalue weighted by Gasteiger charge is 2.17. The van der Waals surface area contributed by atoms with E-state index < -0.39 is 5.97 Å². The summed E-state index contributed by atoms with van der Waals surface area (Å²) >= 11 is 3.42. The van der Waals surface area contributed by atoms with E-state index in [0.717, 1.165) is 21.3 Å². The standard InChI is InChI=1S/C13H13BrN2O2/c1-8-13(9-4-3-5-10(14)6-9)11(7-12(17)18)15-16(8)2/h3-6H,7H2,1-2H3,(H,17,18). The summed E-state index contributed by atoms with van der Waals surface area (Å²) in [6.07, 6.45) is -0.0659. The number of hydrogen-bond acceptors (Lipinski definition) is 2. The number of aromatic nitrogens is 2. The number of benzene rings is 1. The van der Waals surface area contributed by atoms with E-state index in [4.69, 9.17) is 5.11 Å². The maximum Gasteiger partial charge on any atom is 0.309 e. The van der Waals surface area contributed by atoms with Crippen molar-refractivity contribution in [2.75, 3.05) is 0 Å². The van der Waals surface area contributed by atoms with Gasteiger partial charge in [-0.25, -0.2) is 0 Å². The first-order valence-corrected chi connectivity index (χ1v) is 6.28. The molecule has 0 aliphatic carbocycles. The summed E-state index contributed by atoms with van der Waals surface area (Å²) < 4.78 is 2.68. The van der Waals surface area contributed by atoms with Gasteiger partial charge in [-0.05, 0) is 24.6 Å². The molecule has 1 N–H and O–H groups in total. The molecule has 0 radical (unpaired) electrons. The van der Waals surface area contributed by atoms with Gasteiger partial charge in [-0.2, -0.15) is 5.10 Å². The minimum absolute atomic E-state index is 0.0659. The van der Waals surface area contributed by atoms with E-state index in [1.54, 1.807) is 4.68 Å². The second kappa shape index (κ2) is 4.94. The molecule has 0 saturated heterocycles. The van der Waals surface area contributed by atoms with Crippen molar-refractivity contribution in [3.8, 4) is 11.1 Å². The number of carboxylic acid groups (broad SMARTS) is 1. The first kappa shape index (κ1) is 12.8. The minimum atomic E-state index is -0.871. The molecule has 0 fully saturated rings. The van der Waals surface area contributed by atoms with Gasteiger partial charge in [0.1, 0.15) is 0 Å². The minimum Gasteiger partial charge on any atom is -0.481 e. The summed E-state index contributed by atoms with van der Waals surface area (Å²) in [5.41, 5.74) is 3.44. The van der Waals surface area contributed by atoms with E-state index >= 15 is 0 Å². The molecular formula is C13H13BrN2O2. The lowest BCUT2D eigenvalue weighted by Crippen LogP contribution is -2.02. The van der Waals surface area contributed by atoms with E-state index in [1.165, 1.54) is 0 Å². The summed E-state index contributed by atoms with van der Waals surface area (Å²) in [6.45, 7) is 1.94. The van der Waals surface area contributed by atoms with Crippen molar-refractivity contribution in [1.82, 2.24) is 9.78 Å². The Bertz CT molecular complexity index is 605. The third-order valence-electron chi connectivity index (χ3n) is 2.84. The Morgan fingerprint density at radius 3 is 2.83 bits per heavy atom. The highest BCUT2D eigenvalue weighted by atomic mass is 79.9. The molecule has 1 aromatic heterocycles. The molecule has 5 heteroatoms. The van der Waals surface area contributed by atoms with Crippen LogP contribution in [0.1, 0.15) is 11.4 Å². The third-order valence-corrected chi connectivity index (χ3v) is 3.33. The van der Waals surface area contributed by atoms with Gasteiger partial charge in [-0.1, -0.05) is 28.1 Å². The zero-order valence-electron chi connectivity index (χ0n) is 10.1. The van der Waals surface area contributed by atoms with Gasteiger partial charge in [0, 0.05) is 22.8 Å². The smallest absolute Gasteiger partial charge is 0.309 e. The molecular weight excluding hydrogens is 296 g/mol. The quantitative estimate of drug-likeness (QED) is 0.948. The van der Waals surface area contributed by atoms with Crippen molar-refractivity contribution in [1.29, 1.82) is 0 Å². The second-order valence-corrected chi connectivity index (χ2v) is 5.03. The monoisotopic (exact) mass is 308 g/mol. The predicted molar refractivity (Wildman–Crippen MR) is 72.4 cm³/mol. The molecule has 0 atom stereocenters. The Hall–Kier alpha value is -1.62. The van der Waals surface area contributed by atoms with Crippen LogP contribution in [0.4, 0.5) is 0 Å². The average Bonchev–Trinajstić information content (AvgIpc) is 2.53. The number of rotatable bonds is 3. The van der Waals surface area contributed by atoms with E-state index in [1.807, 2.05) is 38.2 Å². The van der Waals surface area contributed by atoms with Gasteiger partial charge in [0.05, 0.1) is 12.1 Å². The average molecular weight is 309 g/mol. The van der Waals surface area contributed by atoms with E-state index in [9.17, 15) is 4.79 Å². The second-order valence-electron chi connectivity index (χ2n) is 4.11. The predicted octanol–water partition coefficient (Wildman–Crippen LogP) is 2.79. The lowest BCUT2D eigenvalue weighted by atomic mass is 10.0. The van der Waals surface area contributed by atoms with Crippen LogP contribution in [0, 0.1) is 6.92 Å². The number of aryl methyl sites for hydroxylation is 1. The first-order valence-electron chi connectivity index (χ1n) is 5.49. The summed E-state index contributed by atoms with van der Waals surface area (Å²) in [7, 11) is 1.82. The van der Waals surface area contributed by atoms with Crippen LogP contribution in [0.15, 0.2) is 28.7 Å². The maximum absolute atomic E-state index is 10.9. The molecule has 0 unspecified atom stereocenters. The van der Waals surface area contributed by atoms with Crippen molar-refractivity contribution in [2.45, 2.75) is 13.3 Å². The maximum atomic E-state index is 10.9. The topological polar surface area (TPSA) is 55.1 Å². The van der Waals surface area contributed by atoms with Crippen molar-refractivity contribution < 1.29 is 9.90 Å².